The number of likely N-dealkylation sites (tertiary alicyclic amines) is 1. The van der Waals surface area contributed by atoms with Gasteiger partial charge >= 0.3 is 0 Å². The van der Waals surface area contributed by atoms with Gasteiger partial charge in [0, 0.05) is 13.1 Å². The van der Waals surface area contributed by atoms with Gasteiger partial charge in [-0.1, -0.05) is 32.6 Å². The SMILES string of the molecule is CCN1CCC(O)(C2CCCCCC2)CC1. The third kappa shape index (κ3) is 2.78. The molecule has 1 heterocycles. The molecule has 2 aliphatic rings. The van der Waals surface area contributed by atoms with E-state index in [0.29, 0.717) is 5.92 Å². The summed E-state index contributed by atoms with van der Waals surface area (Å²) < 4.78 is 0. The van der Waals surface area contributed by atoms with Crippen LogP contribution in [0.2, 0.25) is 0 Å². The van der Waals surface area contributed by atoms with Crippen LogP contribution in [0, 0.1) is 5.92 Å². The van der Waals surface area contributed by atoms with Crippen molar-refractivity contribution in [2.45, 2.75) is 63.9 Å². The number of hydrogen-bond acceptors (Lipinski definition) is 2. The van der Waals surface area contributed by atoms with Crippen molar-refractivity contribution in [3.05, 3.63) is 0 Å². The van der Waals surface area contributed by atoms with Crippen LogP contribution in [0.25, 0.3) is 0 Å². The number of hydrogen-bond donors (Lipinski definition) is 1. The quantitative estimate of drug-likeness (QED) is 0.731. The van der Waals surface area contributed by atoms with Gasteiger partial charge in [0.1, 0.15) is 0 Å². The number of piperidine rings is 1. The van der Waals surface area contributed by atoms with Crippen LogP contribution in [0.5, 0.6) is 0 Å². The minimum atomic E-state index is -0.323. The normalized spacial score (nSPS) is 28.9. The van der Waals surface area contributed by atoms with Gasteiger partial charge in [-0.3, -0.25) is 0 Å². The lowest BCUT2D eigenvalue weighted by molar-refractivity contribution is -0.0707. The van der Waals surface area contributed by atoms with Gasteiger partial charge in [0.2, 0.25) is 0 Å². The molecule has 0 aromatic heterocycles. The monoisotopic (exact) mass is 225 g/mol. The smallest absolute Gasteiger partial charge is 0.0700 e. The van der Waals surface area contributed by atoms with Crippen LogP contribution >= 0.6 is 0 Å². The molecule has 0 bridgehead atoms. The van der Waals surface area contributed by atoms with E-state index in [2.05, 4.69) is 11.8 Å². The molecule has 2 fully saturated rings. The number of rotatable bonds is 2. The van der Waals surface area contributed by atoms with Gasteiger partial charge < -0.3 is 10.0 Å². The van der Waals surface area contributed by atoms with Crippen molar-refractivity contribution in [1.82, 2.24) is 4.90 Å². The van der Waals surface area contributed by atoms with Gasteiger partial charge in [0.05, 0.1) is 5.60 Å². The Kier molecular flexibility index (Phi) is 4.26. The van der Waals surface area contributed by atoms with E-state index in [1.807, 2.05) is 0 Å². The zero-order valence-electron chi connectivity index (χ0n) is 10.7. The predicted octanol–water partition coefficient (Wildman–Crippen LogP) is 2.80. The van der Waals surface area contributed by atoms with E-state index in [-0.39, 0.29) is 5.60 Å². The van der Waals surface area contributed by atoms with E-state index in [1.165, 1.54) is 38.5 Å². The highest BCUT2D eigenvalue weighted by Crippen LogP contribution is 2.38. The lowest BCUT2D eigenvalue weighted by atomic mass is 9.76. The molecule has 0 aromatic rings. The second-order valence-corrected chi connectivity index (χ2v) is 5.73. The maximum Gasteiger partial charge on any atom is 0.0700 e. The maximum atomic E-state index is 10.8. The minimum Gasteiger partial charge on any atom is -0.390 e. The van der Waals surface area contributed by atoms with Crippen molar-refractivity contribution in [3.8, 4) is 0 Å². The lowest BCUT2D eigenvalue weighted by Gasteiger charge is -2.42. The first-order valence-electron chi connectivity index (χ1n) is 7.19. The van der Waals surface area contributed by atoms with E-state index in [1.54, 1.807) is 0 Å². The van der Waals surface area contributed by atoms with Crippen molar-refractivity contribution in [1.29, 1.82) is 0 Å². The number of nitrogens with zero attached hydrogens (tertiary/aromatic N) is 1. The first kappa shape index (κ1) is 12.4. The largest absolute Gasteiger partial charge is 0.390 e. The number of aliphatic hydroxyl groups is 1. The van der Waals surface area contributed by atoms with Crippen molar-refractivity contribution >= 4 is 0 Å². The van der Waals surface area contributed by atoms with E-state index in [9.17, 15) is 5.11 Å². The Morgan fingerprint density at radius 3 is 2.12 bits per heavy atom. The Bertz CT molecular complexity index is 201. The Balaban J connectivity index is 1.91. The zero-order chi connectivity index (χ0) is 11.4. The molecule has 94 valence electrons. The first-order valence-corrected chi connectivity index (χ1v) is 7.19. The van der Waals surface area contributed by atoms with Crippen molar-refractivity contribution in [2.75, 3.05) is 19.6 Å². The van der Waals surface area contributed by atoms with Gasteiger partial charge in [0.25, 0.3) is 0 Å². The summed E-state index contributed by atoms with van der Waals surface area (Å²) >= 11 is 0. The Morgan fingerprint density at radius 2 is 1.62 bits per heavy atom. The lowest BCUT2D eigenvalue weighted by Crippen LogP contribution is -2.48. The summed E-state index contributed by atoms with van der Waals surface area (Å²) in [5, 5.41) is 10.8. The molecular weight excluding hydrogens is 198 g/mol. The zero-order valence-corrected chi connectivity index (χ0v) is 10.7. The second kappa shape index (κ2) is 5.50. The molecule has 2 rings (SSSR count). The summed E-state index contributed by atoms with van der Waals surface area (Å²) in [5.41, 5.74) is -0.323. The van der Waals surface area contributed by atoms with Gasteiger partial charge in [0.15, 0.2) is 0 Å². The van der Waals surface area contributed by atoms with Gasteiger partial charge in [-0.15, -0.1) is 0 Å². The molecule has 0 radical (unpaired) electrons. The highest BCUT2D eigenvalue weighted by Gasteiger charge is 2.38. The molecule has 0 unspecified atom stereocenters. The van der Waals surface area contributed by atoms with E-state index in [4.69, 9.17) is 0 Å². The topological polar surface area (TPSA) is 23.5 Å². The van der Waals surface area contributed by atoms with Crippen LogP contribution in [0.3, 0.4) is 0 Å². The average molecular weight is 225 g/mol. The standard InChI is InChI=1S/C14H27NO/c1-2-15-11-9-14(16,10-12-15)13-7-5-3-4-6-8-13/h13,16H,2-12H2,1H3. The first-order chi connectivity index (χ1) is 7.74. The van der Waals surface area contributed by atoms with E-state index in [0.717, 1.165) is 32.5 Å². The fourth-order valence-corrected chi connectivity index (χ4v) is 3.48. The fraction of sp³-hybridized carbons (Fsp3) is 1.00. The van der Waals surface area contributed by atoms with Gasteiger partial charge in [-0.25, -0.2) is 0 Å². The molecule has 1 aliphatic heterocycles. The predicted molar refractivity (Wildman–Crippen MR) is 67.5 cm³/mol. The molecule has 2 heteroatoms. The summed E-state index contributed by atoms with van der Waals surface area (Å²) in [6.07, 6.45) is 9.98. The van der Waals surface area contributed by atoms with Gasteiger partial charge in [-0.05, 0) is 38.1 Å². The summed E-state index contributed by atoms with van der Waals surface area (Å²) in [6, 6.07) is 0. The Labute approximate surface area is 100 Å². The molecule has 0 atom stereocenters. The van der Waals surface area contributed by atoms with Crippen LogP contribution in [0.15, 0.2) is 0 Å². The van der Waals surface area contributed by atoms with E-state index < -0.39 is 0 Å². The molecule has 0 aromatic carbocycles. The van der Waals surface area contributed by atoms with Crippen LogP contribution in [-0.4, -0.2) is 35.2 Å². The van der Waals surface area contributed by atoms with Crippen LogP contribution in [-0.2, 0) is 0 Å². The molecule has 1 saturated heterocycles. The molecule has 1 saturated carbocycles. The van der Waals surface area contributed by atoms with Crippen molar-refractivity contribution < 1.29 is 5.11 Å². The minimum absolute atomic E-state index is 0.323. The molecule has 2 nitrogen and oxygen atoms in total. The fourth-order valence-electron chi connectivity index (χ4n) is 3.48. The molecular formula is C14H27NO. The third-order valence-electron chi connectivity index (χ3n) is 4.78. The maximum absolute atomic E-state index is 10.8. The summed E-state index contributed by atoms with van der Waals surface area (Å²) in [7, 11) is 0. The van der Waals surface area contributed by atoms with Crippen molar-refractivity contribution in [2.24, 2.45) is 5.92 Å². The average Bonchev–Trinajstić information content (AvgIpc) is 2.59. The molecule has 0 spiro atoms. The Hall–Kier alpha value is -0.0800. The summed E-state index contributed by atoms with van der Waals surface area (Å²) in [4.78, 5) is 2.46. The van der Waals surface area contributed by atoms with Crippen molar-refractivity contribution in [3.63, 3.8) is 0 Å². The second-order valence-electron chi connectivity index (χ2n) is 5.73. The summed E-state index contributed by atoms with van der Waals surface area (Å²) in [5.74, 6) is 0.592. The third-order valence-corrected chi connectivity index (χ3v) is 4.78. The highest BCUT2D eigenvalue weighted by molar-refractivity contribution is 4.92. The van der Waals surface area contributed by atoms with Gasteiger partial charge in [-0.2, -0.15) is 0 Å². The molecule has 1 N–H and O–H groups in total. The molecule has 0 amide bonds. The molecule has 16 heavy (non-hydrogen) atoms. The highest BCUT2D eigenvalue weighted by atomic mass is 16.3. The van der Waals surface area contributed by atoms with Crippen LogP contribution in [0.1, 0.15) is 58.3 Å². The van der Waals surface area contributed by atoms with Crippen LogP contribution in [0.4, 0.5) is 0 Å². The van der Waals surface area contributed by atoms with E-state index >= 15 is 0 Å². The Morgan fingerprint density at radius 1 is 1.06 bits per heavy atom. The molecule has 1 aliphatic carbocycles. The summed E-state index contributed by atoms with van der Waals surface area (Å²) in [6.45, 7) is 5.56. The van der Waals surface area contributed by atoms with Crippen LogP contribution < -0.4 is 0 Å².